The summed E-state index contributed by atoms with van der Waals surface area (Å²) < 4.78 is 9.29. The second-order valence-electron chi connectivity index (χ2n) is 8.96. The standard InChI is InChI=1S/C29H26N2O2S/c32-29-27-26(24-8-4-5-9-25(24)34-27)30-28(31(29)17-14-20-15-18-33-19-16-20)23-12-10-22(11-13-23)21-6-2-1-3-7-21/h1-13,20H,14-19H2. The second-order valence-corrected chi connectivity index (χ2v) is 10.0. The zero-order valence-electron chi connectivity index (χ0n) is 18.9. The molecule has 0 aliphatic carbocycles. The molecule has 34 heavy (non-hydrogen) atoms. The van der Waals surface area contributed by atoms with Crippen LogP contribution >= 0.6 is 11.3 Å². The van der Waals surface area contributed by atoms with E-state index in [1.807, 2.05) is 34.9 Å². The number of thiophene rings is 1. The van der Waals surface area contributed by atoms with Crippen LogP contribution in [0.4, 0.5) is 0 Å². The van der Waals surface area contributed by atoms with E-state index in [1.165, 1.54) is 5.56 Å². The van der Waals surface area contributed by atoms with Gasteiger partial charge in [-0.3, -0.25) is 9.36 Å². The quantitative estimate of drug-likeness (QED) is 0.287. The Morgan fingerprint density at radius 3 is 2.32 bits per heavy atom. The van der Waals surface area contributed by atoms with Gasteiger partial charge in [-0.1, -0.05) is 72.8 Å². The topological polar surface area (TPSA) is 44.1 Å². The highest BCUT2D eigenvalue weighted by Crippen LogP contribution is 2.33. The molecule has 6 rings (SSSR count). The van der Waals surface area contributed by atoms with Crippen LogP contribution in [-0.2, 0) is 11.3 Å². The minimum atomic E-state index is 0.0698. The van der Waals surface area contributed by atoms with E-state index in [2.05, 4.69) is 48.5 Å². The summed E-state index contributed by atoms with van der Waals surface area (Å²) in [5.74, 6) is 1.35. The van der Waals surface area contributed by atoms with Crippen LogP contribution < -0.4 is 5.56 Å². The minimum Gasteiger partial charge on any atom is -0.381 e. The molecule has 5 heteroatoms. The van der Waals surface area contributed by atoms with Crippen molar-refractivity contribution in [1.29, 1.82) is 0 Å². The average Bonchev–Trinajstić information content (AvgIpc) is 3.28. The first-order valence-corrected chi connectivity index (χ1v) is 12.8. The van der Waals surface area contributed by atoms with E-state index in [-0.39, 0.29) is 5.56 Å². The largest absolute Gasteiger partial charge is 0.381 e. The normalized spacial score (nSPS) is 14.7. The summed E-state index contributed by atoms with van der Waals surface area (Å²) in [5.41, 5.74) is 4.19. The number of aromatic nitrogens is 2. The van der Waals surface area contributed by atoms with Crippen molar-refractivity contribution < 1.29 is 4.74 Å². The third-order valence-electron chi connectivity index (χ3n) is 6.83. The fourth-order valence-corrected chi connectivity index (χ4v) is 5.98. The molecule has 0 N–H and O–H groups in total. The molecule has 2 aromatic heterocycles. The van der Waals surface area contributed by atoms with Gasteiger partial charge < -0.3 is 4.74 Å². The number of ether oxygens (including phenoxy) is 1. The smallest absolute Gasteiger partial charge is 0.271 e. The molecular weight excluding hydrogens is 440 g/mol. The molecule has 0 radical (unpaired) electrons. The molecule has 0 bridgehead atoms. The number of fused-ring (bicyclic) bond motifs is 3. The molecule has 4 nitrogen and oxygen atoms in total. The zero-order chi connectivity index (χ0) is 22.9. The summed E-state index contributed by atoms with van der Waals surface area (Å²) in [6.07, 6.45) is 3.10. The highest BCUT2D eigenvalue weighted by molar-refractivity contribution is 7.25. The summed E-state index contributed by atoms with van der Waals surface area (Å²) >= 11 is 1.55. The van der Waals surface area contributed by atoms with E-state index in [9.17, 15) is 4.79 Å². The number of hydrogen-bond acceptors (Lipinski definition) is 4. The predicted octanol–water partition coefficient (Wildman–Crippen LogP) is 6.76. The minimum absolute atomic E-state index is 0.0698. The SMILES string of the molecule is O=c1c2sc3ccccc3c2nc(-c2ccc(-c3ccccc3)cc2)n1CCC1CCOCC1. The maximum atomic E-state index is 13.8. The predicted molar refractivity (Wildman–Crippen MR) is 140 cm³/mol. The van der Waals surface area contributed by atoms with E-state index in [1.54, 1.807) is 11.3 Å². The Morgan fingerprint density at radius 1 is 0.853 bits per heavy atom. The van der Waals surface area contributed by atoms with Crippen molar-refractivity contribution >= 4 is 31.6 Å². The van der Waals surface area contributed by atoms with Crippen LogP contribution in [-0.4, -0.2) is 22.8 Å². The summed E-state index contributed by atoms with van der Waals surface area (Å²) in [6, 6.07) is 26.9. The number of rotatable bonds is 5. The fraction of sp³-hybridized carbons (Fsp3) is 0.241. The molecule has 0 spiro atoms. The Morgan fingerprint density at radius 2 is 1.53 bits per heavy atom. The molecule has 1 fully saturated rings. The van der Waals surface area contributed by atoms with Crippen molar-refractivity contribution in [1.82, 2.24) is 9.55 Å². The van der Waals surface area contributed by atoms with Crippen LogP contribution in [0.15, 0.2) is 83.7 Å². The van der Waals surface area contributed by atoms with Gasteiger partial charge in [0.1, 0.15) is 10.5 Å². The van der Waals surface area contributed by atoms with E-state index in [0.29, 0.717) is 12.5 Å². The van der Waals surface area contributed by atoms with Gasteiger partial charge in [-0.2, -0.15) is 0 Å². The molecule has 1 aliphatic rings. The third kappa shape index (κ3) is 3.95. The fourth-order valence-electron chi connectivity index (χ4n) is 4.89. The van der Waals surface area contributed by atoms with E-state index >= 15 is 0 Å². The molecule has 1 aliphatic heterocycles. The summed E-state index contributed by atoms with van der Waals surface area (Å²) in [6.45, 7) is 2.32. The van der Waals surface area contributed by atoms with Gasteiger partial charge in [0, 0.05) is 35.4 Å². The molecular formula is C29H26N2O2S. The van der Waals surface area contributed by atoms with Crippen molar-refractivity contribution in [3.8, 4) is 22.5 Å². The van der Waals surface area contributed by atoms with Crippen LogP contribution in [0.25, 0.3) is 42.8 Å². The van der Waals surface area contributed by atoms with Crippen molar-refractivity contribution in [2.45, 2.75) is 25.8 Å². The monoisotopic (exact) mass is 466 g/mol. The average molecular weight is 467 g/mol. The van der Waals surface area contributed by atoms with Crippen LogP contribution in [0.1, 0.15) is 19.3 Å². The molecule has 3 heterocycles. The summed E-state index contributed by atoms with van der Waals surface area (Å²) in [7, 11) is 0. The lowest BCUT2D eigenvalue weighted by atomic mass is 9.96. The van der Waals surface area contributed by atoms with Gasteiger partial charge >= 0.3 is 0 Å². The first kappa shape index (κ1) is 21.3. The van der Waals surface area contributed by atoms with Crippen LogP contribution in [0.2, 0.25) is 0 Å². The van der Waals surface area contributed by atoms with Crippen LogP contribution in [0.5, 0.6) is 0 Å². The molecule has 3 aromatic carbocycles. The molecule has 170 valence electrons. The zero-order valence-corrected chi connectivity index (χ0v) is 19.8. The first-order valence-electron chi connectivity index (χ1n) is 11.9. The Balaban J connectivity index is 1.46. The van der Waals surface area contributed by atoms with Crippen molar-refractivity contribution in [3.63, 3.8) is 0 Å². The summed E-state index contributed by atoms with van der Waals surface area (Å²) in [5, 5.41) is 1.05. The Bertz CT molecular complexity index is 1500. The van der Waals surface area contributed by atoms with Crippen molar-refractivity contribution in [3.05, 3.63) is 89.2 Å². The van der Waals surface area contributed by atoms with E-state index in [0.717, 1.165) is 69.7 Å². The van der Waals surface area contributed by atoms with Gasteiger partial charge in [0.2, 0.25) is 0 Å². The highest BCUT2D eigenvalue weighted by atomic mass is 32.1. The lowest BCUT2D eigenvalue weighted by molar-refractivity contribution is 0.0625. The van der Waals surface area contributed by atoms with Gasteiger partial charge in [-0.05, 0) is 42.4 Å². The van der Waals surface area contributed by atoms with Crippen molar-refractivity contribution in [2.75, 3.05) is 13.2 Å². The molecule has 5 aromatic rings. The Labute approximate surface area is 202 Å². The number of hydrogen-bond donors (Lipinski definition) is 0. The molecule has 1 saturated heterocycles. The molecule has 0 unspecified atom stereocenters. The third-order valence-corrected chi connectivity index (χ3v) is 7.98. The van der Waals surface area contributed by atoms with Gasteiger partial charge in [0.25, 0.3) is 5.56 Å². The lowest BCUT2D eigenvalue weighted by Crippen LogP contribution is -2.25. The van der Waals surface area contributed by atoms with Gasteiger partial charge in [0.15, 0.2) is 0 Å². The maximum Gasteiger partial charge on any atom is 0.271 e. The van der Waals surface area contributed by atoms with E-state index in [4.69, 9.17) is 9.72 Å². The Hall–Kier alpha value is -3.28. The number of nitrogens with zero attached hydrogens (tertiary/aromatic N) is 2. The molecule has 0 atom stereocenters. The van der Waals surface area contributed by atoms with Gasteiger partial charge in [-0.15, -0.1) is 11.3 Å². The molecule has 0 saturated carbocycles. The van der Waals surface area contributed by atoms with Crippen LogP contribution in [0.3, 0.4) is 0 Å². The highest BCUT2D eigenvalue weighted by Gasteiger charge is 2.19. The molecule has 0 amide bonds. The van der Waals surface area contributed by atoms with Gasteiger partial charge in [-0.25, -0.2) is 4.98 Å². The number of benzene rings is 3. The lowest BCUT2D eigenvalue weighted by Gasteiger charge is -2.23. The van der Waals surface area contributed by atoms with Gasteiger partial charge in [0.05, 0.1) is 5.52 Å². The first-order chi connectivity index (χ1) is 16.8. The van der Waals surface area contributed by atoms with Crippen molar-refractivity contribution in [2.24, 2.45) is 5.92 Å². The summed E-state index contributed by atoms with van der Waals surface area (Å²) in [4.78, 5) is 18.9. The maximum absolute atomic E-state index is 13.8. The Kier molecular flexibility index (Phi) is 5.73. The van der Waals surface area contributed by atoms with Crippen LogP contribution in [0, 0.1) is 5.92 Å². The van der Waals surface area contributed by atoms with E-state index < -0.39 is 0 Å². The second kappa shape index (κ2) is 9.16.